The van der Waals surface area contributed by atoms with Gasteiger partial charge in [-0.05, 0) is 36.8 Å². The van der Waals surface area contributed by atoms with Crippen molar-refractivity contribution in [1.82, 2.24) is 0 Å². The lowest BCUT2D eigenvalue weighted by Gasteiger charge is -2.18. The number of anilines is 2. The molecule has 2 aromatic rings. The van der Waals surface area contributed by atoms with E-state index < -0.39 is 6.09 Å². The highest BCUT2D eigenvalue weighted by atomic mass is 35.5. The zero-order valence-corrected chi connectivity index (χ0v) is 16.9. The maximum absolute atomic E-state index is 11.9. The summed E-state index contributed by atoms with van der Waals surface area (Å²) < 4.78 is 5.18. The van der Waals surface area contributed by atoms with Crippen molar-refractivity contribution in [2.45, 2.75) is 34.6 Å². The number of para-hydroxylation sites is 1. The highest BCUT2D eigenvalue weighted by molar-refractivity contribution is 6.32. The lowest BCUT2D eigenvalue weighted by atomic mass is 10.1. The lowest BCUT2D eigenvalue weighted by Crippen LogP contribution is -2.17. The molecule has 1 N–H and O–H groups in total. The van der Waals surface area contributed by atoms with Gasteiger partial charge >= 0.3 is 6.09 Å². The van der Waals surface area contributed by atoms with Gasteiger partial charge in [-0.15, -0.1) is 0 Å². The smallest absolute Gasteiger partial charge is 0.410 e. The van der Waals surface area contributed by atoms with Crippen LogP contribution in [-0.2, 0) is 0 Å². The van der Waals surface area contributed by atoms with Crippen molar-refractivity contribution in [3.8, 4) is 5.75 Å². The quantitative estimate of drug-likeness (QED) is 0.687. The van der Waals surface area contributed by atoms with Gasteiger partial charge in [-0.1, -0.05) is 57.5 Å². The van der Waals surface area contributed by atoms with E-state index in [1.807, 2.05) is 65.7 Å². The number of hydrogen-bond acceptors (Lipinski definition) is 3. The number of amides is 1. The fourth-order valence-corrected chi connectivity index (χ4v) is 2.15. The van der Waals surface area contributed by atoms with E-state index in [9.17, 15) is 4.79 Å². The van der Waals surface area contributed by atoms with Gasteiger partial charge in [0.2, 0.25) is 0 Å². The lowest BCUT2D eigenvalue weighted by molar-refractivity contribution is 0.215. The number of benzene rings is 2. The fraction of sp³-hybridized carbons (Fsp3) is 0.350. The van der Waals surface area contributed by atoms with E-state index in [0.29, 0.717) is 16.5 Å². The number of carbonyl (C=O) groups is 1. The van der Waals surface area contributed by atoms with E-state index >= 15 is 0 Å². The van der Waals surface area contributed by atoms with Gasteiger partial charge in [0.25, 0.3) is 0 Å². The summed E-state index contributed by atoms with van der Waals surface area (Å²) in [7, 11) is 3.84. The average Bonchev–Trinajstić information content (AvgIpc) is 2.62. The minimum Gasteiger partial charge on any atom is -0.410 e. The third kappa shape index (κ3) is 7.48. The van der Waals surface area contributed by atoms with Crippen LogP contribution in [0.3, 0.4) is 0 Å². The molecular weight excluding hydrogens is 336 g/mol. The van der Waals surface area contributed by atoms with Crippen LogP contribution >= 0.6 is 11.6 Å². The fourth-order valence-electron chi connectivity index (χ4n) is 1.94. The Bertz CT molecular complexity index is 644. The molecule has 2 rings (SSSR count). The van der Waals surface area contributed by atoms with Gasteiger partial charge in [-0.2, -0.15) is 0 Å². The number of halogens is 1. The van der Waals surface area contributed by atoms with Crippen molar-refractivity contribution < 1.29 is 9.53 Å². The van der Waals surface area contributed by atoms with Gasteiger partial charge in [0.1, 0.15) is 5.75 Å². The van der Waals surface area contributed by atoms with E-state index in [0.717, 1.165) is 11.3 Å². The Morgan fingerprint density at radius 1 is 1.04 bits per heavy atom. The van der Waals surface area contributed by atoms with E-state index in [4.69, 9.17) is 16.3 Å². The van der Waals surface area contributed by atoms with Crippen LogP contribution in [-0.4, -0.2) is 20.2 Å². The predicted octanol–water partition coefficient (Wildman–Crippen LogP) is 6.38. The van der Waals surface area contributed by atoms with Crippen molar-refractivity contribution >= 4 is 29.1 Å². The monoisotopic (exact) mass is 364 g/mol. The van der Waals surface area contributed by atoms with Crippen LogP contribution in [0.2, 0.25) is 5.02 Å². The Labute approximate surface area is 156 Å². The van der Waals surface area contributed by atoms with Crippen LogP contribution in [0.25, 0.3) is 0 Å². The molecule has 0 fully saturated rings. The van der Waals surface area contributed by atoms with Gasteiger partial charge < -0.3 is 9.64 Å². The number of hydrogen-bond donors (Lipinski definition) is 1. The average molecular weight is 365 g/mol. The molecule has 0 saturated heterocycles. The van der Waals surface area contributed by atoms with Gasteiger partial charge in [-0.3, -0.25) is 5.32 Å². The second-order valence-electron chi connectivity index (χ2n) is 4.82. The first-order chi connectivity index (χ1) is 12.0. The first-order valence-electron chi connectivity index (χ1n) is 8.48. The molecule has 0 bridgehead atoms. The Morgan fingerprint density at radius 3 is 2.12 bits per heavy atom. The van der Waals surface area contributed by atoms with Crippen LogP contribution < -0.4 is 15.0 Å². The molecule has 0 heterocycles. The zero-order valence-electron chi connectivity index (χ0n) is 16.2. The first kappa shape index (κ1) is 22.8. The summed E-state index contributed by atoms with van der Waals surface area (Å²) in [5.74, 6) is 0.487. The number of nitrogens with one attached hydrogen (secondary N) is 1. The molecule has 0 spiro atoms. The second kappa shape index (κ2) is 12.2. The third-order valence-electron chi connectivity index (χ3n) is 3.00. The van der Waals surface area contributed by atoms with Crippen LogP contribution in [0.4, 0.5) is 16.2 Å². The molecule has 138 valence electrons. The summed E-state index contributed by atoms with van der Waals surface area (Å²) in [4.78, 5) is 13.8. The summed E-state index contributed by atoms with van der Waals surface area (Å²) in [6.45, 7) is 9.93. The highest BCUT2D eigenvalue weighted by Crippen LogP contribution is 2.30. The summed E-state index contributed by atoms with van der Waals surface area (Å²) in [6.07, 6.45) is -0.550. The molecule has 0 aromatic heterocycles. The minimum atomic E-state index is -0.550. The molecule has 0 aliphatic carbocycles. The number of ether oxygens (including phenoxy) is 1. The second-order valence-corrected chi connectivity index (χ2v) is 5.23. The summed E-state index contributed by atoms with van der Waals surface area (Å²) in [5, 5.41) is 3.28. The van der Waals surface area contributed by atoms with Crippen LogP contribution in [0, 0.1) is 6.92 Å². The topological polar surface area (TPSA) is 41.6 Å². The van der Waals surface area contributed by atoms with Crippen molar-refractivity contribution in [3.63, 3.8) is 0 Å². The predicted molar refractivity (Wildman–Crippen MR) is 109 cm³/mol. The summed E-state index contributed by atoms with van der Waals surface area (Å²) in [6, 6.07) is 12.4. The van der Waals surface area contributed by atoms with Gasteiger partial charge in [0.15, 0.2) is 0 Å². The molecule has 25 heavy (non-hydrogen) atoms. The Hall–Kier alpha value is -2.20. The normalized spacial score (nSPS) is 8.96. The molecule has 0 radical (unpaired) electrons. The molecule has 4 nitrogen and oxygen atoms in total. The molecule has 5 heteroatoms. The SMILES string of the molecule is CC.CC.Cc1c(Cl)cc(NC(=O)Oc2ccccc2)cc1N(C)C. The molecule has 1 amide bonds. The molecule has 2 aromatic carbocycles. The standard InChI is InChI=1S/C16H17ClN2O2.2C2H6/c1-11-14(17)9-12(10-15(11)19(2)3)18-16(20)21-13-7-5-4-6-8-13;2*1-2/h4-10H,1-3H3,(H,18,20);2*1-2H3. The first-order valence-corrected chi connectivity index (χ1v) is 8.86. The van der Waals surface area contributed by atoms with E-state index in [2.05, 4.69) is 5.32 Å². The van der Waals surface area contributed by atoms with Crippen LogP contribution in [0.15, 0.2) is 42.5 Å². The minimum absolute atomic E-state index is 0.487. The molecule has 0 aliphatic rings. The third-order valence-corrected chi connectivity index (χ3v) is 3.39. The Balaban J connectivity index is 0.00000134. The van der Waals surface area contributed by atoms with E-state index in [1.165, 1.54) is 0 Å². The zero-order chi connectivity index (χ0) is 19.4. The van der Waals surface area contributed by atoms with Crippen molar-refractivity contribution in [2.75, 3.05) is 24.3 Å². The Morgan fingerprint density at radius 2 is 1.60 bits per heavy atom. The Kier molecular flexibility index (Phi) is 11.1. The van der Waals surface area contributed by atoms with Crippen LogP contribution in [0.5, 0.6) is 5.75 Å². The number of carbonyl (C=O) groups excluding carboxylic acids is 1. The van der Waals surface area contributed by atoms with Crippen molar-refractivity contribution in [3.05, 3.63) is 53.1 Å². The largest absolute Gasteiger partial charge is 0.417 e. The van der Waals surface area contributed by atoms with Gasteiger partial charge in [0.05, 0.1) is 0 Å². The molecular formula is C20H29ClN2O2. The summed E-state index contributed by atoms with van der Waals surface area (Å²) in [5.41, 5.74) is 2.50. The summed E-state index contributed by atoms with van der Waals surface area (Å²) >= 11 is 6.19. The molecule has 0 aliphatic heterocycles. The molecule has 0 atom stereocenters. The van der Waals surface area contributed by atoms with Gasteiger partial charge in [-0.25, -0.2) is 4.79 Å². The van der Waals surface area contributed by atoms with E-state index in [-0.39, 0.29) is 0 Å². The number of nitrogens with zero attached hydrogens (tertiary/aromatic N) is 1. The number of rotatable bonds is 3. The van der Waals surface area contributed by atoms with Crippen molar-refractivity contribution in [2.24, 2.45) is 0 Å². The highest BCUT2D eigenvalue weighted by Gasteiger charge is 2.10. The van der Waals surface area contributed by atoms with Crippen molar-refractivity contribution in [1.29, 1.82) is 0 Å². The molecule has 0 saturated carbocycles. The van der Waals surface area contributed by atoms with Crippen LogP contribution in [0.1, 0.15) is 33.3 Å². The maximum Gasteiger partial charge on any atom is 0.417 e. The van der Waals surface area contributed by atoms with Gasteiger partial charge in [0, 0.05) is 30.5 Å². The molecule has 0 unspecified atom stereocenters. The maximum atomic E-state index is 11.9. The van der Waals surface area contributed by atoms with E-state index in [1.54, 1.807) is 30.3 Å².